The van der Waals surface area contributed by atoms with E-state index in [0.29, 0.717) is 17.0 Å². The van der Waals surface area contributed by atoms with Crippen molar-refractivity contribution < 1.29 is 4.39 Å². The Hall–Kier alpha value is -2.02. The molecule has 0 saturated heterocycles. The summed E-state index contributed by atoms with van der Waals surface area (Å²) in [5.74, 6) is 5.28. The molecule has 0 aliphatic heterocycles. The maximum absolute atomic E-state index is 13.9. The molecule has 0 fully saturated rings. The summed E-state index contributed by atoms with van der Waals surface area (Å²) in [5.41, 5.74) is 4.93. The quantitative estimate of drug-likeness (QED) is 0.573. The molecular formula is C14H13ClFN5. The minimum atomic E-state index is -0.350. The molecule has 2 aromatic heterocycles. The van der Waals surface area contributed by atoms with E-state index in [1.807, 2.05) is 0 Å². The van der Waals surface area contributed by atoms with E-state index >= 15 is 0 Å². The lowest BCUT2D eigenvalue weighted by Crippen LogP contribution is -2.29. The van der Waals surface area contributed by atoms with Gasteiger partial charge in [0.25, 0.3) is 0 Å². The van der Waals surface area contributed by atoms with Crippen molar-refractivity contribution in [1.82, 2.24) is 20.0 Å². The largest absolute Gasteiger partial charge is 0.271 e. The van der Waals surface area contributed by atoms with Crippen LogP contribution in [0.3, 0.4) is 0 Å². The summed E-state index contributed by atoms with van der Waals surface area (Å²) in [7, 11) is 0. The first-order chi connectivity index (χ1) is 10.2. The minimum Gasteiger partial charge on any atom is -0.271 e. The third-order valence-electron chi connectivity index (χ3n) is 3.37. The molecule has 0 aliphatic carbocycles. The Morgan fingerprint density at radius 1 is 1.38 bits per heavy atom. The van der Waals surface area contributed by atoms with Crippen molar-refractivity contribution in [3.63, 3.8) is 0 Å². The highest BCUT2D eigenvalue weighted by Crippen LogP contribution is 2.24. The fourth-order valence-corrected chi connectivity index (χ4v) is 2.45. The Morgan fingerprint density at radius 3 is 3.00 bits per heavy atom. The van der Waals surface area contributed by atoms with Gasteiger partial charge in [0.1, 0.15) is 5.82 Å². The van der Waals surface area contributed by atoms with Crippen LogP contribution in [0.15, 0.2) is 43.0 Å². The molecule has 3 rings (SSSR count). The van der Waals surface area contributed by atoms with Gasteiger partial charge in [0, 0.05) is 23.0 Å². The Bertz CT molecular complexity index is 773. The predicted octanol–water partition coefficient (Wildman–Crippen LogP) is 2.27. The number of aromatic nitrogens is 3. The van der Waals surface area contributed by atoms with E-state index < -0.39 is 0 Å². The highest BCUT2D eigenvalue weighted by atomic mass is 35.5. The maximum atomic E-state index is 13.9. The molecule has 1 unspecified atom stereocenters. The van der Waals surface area contributed by atoms with E-state index in [4.69, 9.17) is 17.4 Å². The van der Waals surface area contributed by atoms with E-state index in [0.717, 1.165) is 11.1 Å². The molecule has 5 nitrogen and oxygen atoms in total. The Kier molecular flexibility index (Phi) is 3.83. The molecule has 0 amide bonds. The van der Waals surface area contributed by atoms with Gasteiger partial charge in [0.05, 0.1) is 24.0 Å². The van der Waals surface area contributed by atoms with Crippen molar-refractivity contribution in [3.05, 3.63) is 65.0 Å². The van der Waals surface area contributed by atoms with Crippen molar-refractivity contribution in [2.45, 2.75) is 12.5 Å². The first-order valence-corrected chi connectivity index (χ1v) is 6.74. The Labute approximate surface area is 125 Å². The summed E-state index contributed by atoms with van der Waals surface area (Å²) < 4.78 is 15.6. The molecule has 0 radical (unpaired) electrons. The van der Waals surface area contributed by atoms with Gasteiger partial charge in [0.15, 0.2) is 0 Å². The van der Waals surface area contributed by atoms with Crippen molar-refractivity contribution in [3.8, 4) is 0 Å². The van der Waals surface area contributed by atoms with Crippen LogP contribution in [-0.4, -0.2) is 14.6 Å². The van der Waals surface area contributed by atoms with Crippen molar-refractivity contribution in [1.29, 1.82) is 0 Å². The van der Waals surface area contributed by atoms with E-state index in [-0.39, 0.29) is 11.9 Å². The van der Waals surface area contributed by atoms with Gasteiger partial charge in [-0.3, -0.25) is 16.3 Å². The maximum Gasteiger partial charge on any atom is 0.127 e. The van der Waals surface area contributed by atoms with Crippen molar-refractivity contribution >= 4 is 17.1 Å². The molecule has 21 heavy (non-hydrogen) atoms. The number of benzene rings is 1. The highest BCUT2D eigenvalue weighted by Gasteiger charge is 2.17. The normalized spacial score (nSPS) is 12.7. The lowest BCUT2D eigenvalue weighted by atomic mass is 10.0. The molecule has 0 saturated carbocycles. The molecule has 2 heterocycles. The molecule has 1 atom stereocenters. The fourth-order valence-electron chi connectivity index (χ4n) is 2.29. The van der Waals surface area contributed by atoms with Gasteiger partial charge in [-0.15, -0.1) is 0 Å². The SMILES string of the molecule is NNC(Cc1ccc(Cl)cc1F)c1cnn2ccncc12. The average Bonchev–Trinajstić information content (AvgIpc) is 2.91. The fraction of sp³-hybridized carbons (Fsp3) is 0.143. The van der Waals surface area contributed by atoms with Crippen LogP contribution >= 0.6 is 11.6 Å². The molecule has 7 heteroatoms. The number of rotatable bonds is 4. The summed E-state index contributed by atoms with van der Waals surface area (Å²) in [5, 5.41) is 4.60. The van der Waals surface area contributed by atoms with Crippen LogP contribution < -0.4 is 11.3 Å². The van der Waals surface area contributed by atoms with E-state index in [1.165, 1.54) is 6.07 Å². The van der Waals surface area contributed by atoms with Gasteiger partial charge in [-0.1, -0.05) is 17.7 Å². The number of nitrogens with zero attached hydrogens (tertiary/aromatic N) is 3. The van der Waals surface area contributed by atoms with Crippen LogP contribution in [0.4, 0.5) is 4.39 Å². The molecule has 3 N–H and O–H groups in total. The predicted molar refractivity (Wildman–Crippen MR) is 78.2 cm³/mol. The van der Waals surface area contributed by atoms with Crippen LogP contribution in [0.2, 0.25) is 5.02 Å². The molecule has 0 spiro atoms. The van der Waals surface area contributed by atoms with E-state index in [2.05, 4.69) is 15.5 Å². The van der Waals surface area contributed by atoms with Gasteiger partial charge in [-0.25, -0.2) is 8.91 Å². The summed E-state index contributed by atoms with van der Waals surface area (Å²) in [6, 6.07) is 4.33. The van der Waals surface area contributed by atoms with E-state index in [9.17, 15) is 4.39 Å². The van der Waals surface area contributed by atoms with Crippen LogP contribution in [0.5, 0.6) is 0 Å². The molecule has 0 bridgehead atoms. The lowest BCUT2D eigenvalue weighted by molar-refractivity contribution is 0.531. The van der Waals surface area contributed by atoms with Gasteiger partial charge >= 0.3 is 0 Å². The summed E-state index contributed by atoms with van der Waals surface area (Å²) in [4.78, 5) is 4.08. The molecular weight excluding hydrogens is 293 g/mol. The third-order valence-corrected chi connectivity index (χ3v) is 3.61. The van der Waals surface area contributed by atoms with Gasteiger partial charge in [-0.05, 0) is 24.1 Å². The molecule has 108 valence electrons. The zero-order chi connectivity index (χ0) is 14.8. The number of nitrogens with one attached hydrogen (secondary N) is 1. The van der Waals surface area contributed by atoms with Gasteiger partial charge in [-0.2, -0.15) is 5.10 Å². The average molecular weight is 306 g/mol. The Morgan fingerprint density at radius 2 is 2.24 bits per heavy atom. The van der Waals surface area contributed by atoms with Crippen LogP contribution in [0, 0.1) is 5.82 Å². The van der Waals surface area contributed by atoms with E-state index in [1.54, 1.807) is 41.4 Å². The lowest BCUT2D eigenvalue weighted by Gasteiger charge is -2.15. The standard InChI is InChI=1S/C14H13ClFN5/c15-10-2-1-9(12(16)6-10)5-13(20-17)11-7-19-21-4-3-18-8-14(11)21/h1-4,6-8,13,20H,5,17H2. The summed E-state index contributed by atoms with van der Waals surface area (Å²) in [6.07, 6.45) is 7.18. The molecule has 3 aromatic rings. The van der Waals surface area contributed by atoms with Crippen LogP contribution in [0.25, 0.3) is 5.52 Å². The zero-order valence-electron chi connectivity index (χ0n) is 11.0. The first kappa shape index (κ1) is 13.9. The molecule has 0 aliphatic rings. The minimum absolute atomic E-state index is 0.276. The number of halogens is 2. The zero-order valence-corrected chi connectivity index (χ0v) is 11.8. The summed E-state index contributed by atoms with van der Waals surface area (Å²) >= 11 is 5.76. The Balaban J connectivity index is 1.95. The van der Waals surface area contributed by atoms with Crippen molar-refractivity contribution in [2.24, 2.45) is 5.84 Å². The number of hydrogen-bond acceptors (Lipinski definition) is 4. The van der Waals surface area contributed by atoms with Gasteiger partial charge < -0.3 is 0 Å². The highest BCUT2D eigenvalue weighted by molar-refractivity contribution is 6.30. The summed E-state index contributed by atoms with van der Waals surface area (Å²) in [6.45, 7) is 0. The number of hydrazine groups is 1. The second-order valence-corrected chi connectivity index (χ2v) is 5.10. The number of nitrogens with two attached hydrogens (primary N) is 1. The topological polar surface area (TPSA) is 68.2 Å². The van der Waals surface area contributed by atoms with Gasteiger partial charge in [0.2, 0.25) is 0 Å². The molecule has 1 aromatic carbocycles. The monoisotopic (exact) mass is 305 g/mol. The smallest absolute Gasteiger partial charge is 0.127 e. The second-order valence-electron chi connectivity index (χ2n) is 4.67. The third kappa shape index (κ3) is 2.73. The number of fused-ring (bicyclic) bond motifs is 1. The number of hydrogen-bond donors (Lipinski definition) is 2. The van der Waals surface area contributed by atoms with Crippen molar-refractivity contribution in [2.75, 3.05) is 0 Å². The van der Waals surface area contributed by atoms with Crippen LogP contribution in [-0.2, 0) is 6.42 Å². The van der Waals surface area contributed by atoms with Crippen LogP contribution in [0.1, 0.15) is 17.2 Å². The second kappa shape index (κ2) is 5.77. The first-order valence-electron chi connectivity index (χ1n) is 6.36.